The van der Waals surface area contributed by atoms with Crippen LogP contribution < -0.4 is 10.5 Å². The molecule has 1 atom stereocenters. The number of rotatable bonds is 4. The van der Waals surface area contributed by atoms with Crippen LogP contribution in [0.3, 0.4) is 0 Å². The minimum atomic E-state index is 0.241. The molecule has 0 spiro atoms. The van der Waals surface area contributed by atoms with Crippen LogP contribution in [0.5, 0.6) is 5.75 Å². The van der Waals surface area contributed by atoms with E-state index in [1.165, 1.54) is 0 Å². The van der Waals surface area contributed by atoms with Crippen molar-refractivity contribution in [1.29, 1.82) is 0 Å². The highest BCUT2D eigenvalue weighted by Gasteiger charge is 2.09. The van der Waals surface area contributed by atoms with Crippen molar-refractivity contribution in [3.63, 3.8) is 0 Å². The van der Waals surface area contributed by atoms with Crippen LogP contribution in [0.4, 0.5) is 5.69 Å². The summed E-state index contributed by atoms with van der Waals surface area (Å²) < 4.78 is 5.86. The zero-order valence-electron chi connectivity index (χ0n) is 10.1. The molecule has 15 heavy (non-hydrogen) atoms. The molecule has 0 bridgehead atoms. The largest absolute Gasteiger partial charge is 0.490 e. The quantitative estimate of drug-likeness (QED) is 0.768. The van der Waals surface area contributed by atoms with Gasteiger partial charge >= 0.3 is 0 Å². The first-order valence-electron chi connectivity index (χ1n) is 5.52. The molecule has 0 saturated heterocycles. The second-order valence-corrected chi connectivity index (χ2v) is 4.53. The second kappa shape index (κ2) is 5.06. The highest BCUT2D eigenvalue weighted by molar-refractivity contribution is 5.53. The first-order valence-corrected chi connectivity index (χ1v) is 5.52. The van der Waals surface area contributed by atoms with Gasteiger partial charge in [0.1, 0.15) is 5.75 Å². The lowest BCUT2D eigenvalue weighted by molar-refractivity contribution is 0.192. The number of hydrogen-bond donors (Lipinski definition) is 1. The average Bonchev–Trinajstić information content (AvgIpc) is 2.11. The van der Waals surface area contributed by atoms with E-state index in [1.807, 2.05) is 25.1 Å². The minimum Gasteiger partial charge on any atom is -0.490 e. The van der Waals surface area contributed by atoms with Crippen molar-refractivity contribution < 1.29 is 4.74 Å². The maximum atomic E-state index is 5.86. The van der Waals surface area contributed by atoms with Gasteiger partial charge in [-0.25, -0.2) is 0 Å². The number of nitrogen functional groups attached to an aromatic ring is 1. The monoisotopic (exact) mass is 207 g/mol. The first-order chi connectivity index (χ1) is 7.00. The normalized spacial score (nSPS) is 12.9. The molecular formula is C13H21NO. The van der Waals surface area contributed by atoms with Gasteiger partial charge < -0.3 is 10.5 Å². The van der Waals surface area contributed by atoms with Gasteiger partial charge in [-0.3, -0.25) is 0 Å². The summed E-state index contributed by atoms with van der Waals surface area (Å²) in [5, 5.41) is 0. The maximum absolute atomic E-state index is 5.86. The molecule has 0 amide bonds. The molecule has 0 aliphatic carbocycles. The zero-order valence-corrected chi connectivity index (χ0v) is 10.1. The Balaban J connectivity index is 2.68. The molecule has 1 rings (SSSR count). The van der Waals surface area contributed by atoms with E-state index in [0.29, 0.717) is 5.92 Å². The predicted octanol–water partition coefficient (Wildman–Crippen LogP) is 3.39. The third-order valence-corrected chi connectivity index (χ3v) is 2.46. The predicted molar refractivity (Wildman–Crippen MR) is 65.1 cm³/mol. The van der Waals surface area contributed by atoms with Gasteiger partial charge in [0.15, 0.2) is 0 Å². The van der Waals surface area contributed by atoms with Gasteiger partial charge in [-0.1, -0.05) is 19.9 Å². The van der Waals surface area contributed by atoms with Gasteiger partial charge in [-0.15, -0.1) is 0 Å². The molecule has 2 N–H and O–H groups in total. The molecular weight excluding hydrogens is 186 g/mol. The molecule has 2 heteroatoms. The Labute approximate surface area is 92.4 Å². The Morgan fingerprint density at radius 1 is 1.27 bits per heavy atom. The molecule has 1 unspecified atom stereocenters. The molecule has 0 saturated carbocycles. The van der Waals surface area contributed by atoms with Crippen LogP contribution in [0.2, 0.25) is 0 Å². The van der Waals surface area contributed by atoms with Gasteiger partial charge in [0, 0.05) is 11.3 Å². The second-order valence-electron chi connectivity index (χ2n) is 4.53. The van der Waals surface area contributed by atoms with Crippen molar-refractivity contribution in [2.75, 3.05) is 5.73 Å². The fourth-order valence-electron chi connectivity index (χ4n) is 1.69. The average molecular weight is 207 g/mol. The lowest BCUT2D eigenvalue weighted by Crippen LogP contribution is -2.15. The molecule has 0 aliphatic heterocycles. The van der Waals surface area contributed by atoms with E-state index in [-0.39, 0.29) is 6.10 Å². The minimum absolute atomic E-state index is 0.241. The third kappa shape index (κ3) is 3.46. The van der Waals surface area contributed by atoms with Crippen LogP contribution in [0.15, 0.2) is 18.2 Å². The first kappa shape index (κ1) is 11.9. The van der Waals surface area contributed by atoms with Gasteiger partial charge in [-0.05, 0) is 38.3 Å². The van der Waals surface area contributed by atoms with Crippen LogP contribution in [-0.2, 0) is 0 Å². The van der Waals surface area contributed by atoms with Gasteiger partial charge in [0.25, 0.3) is 0 Å². The Bertz CT molecular complexity index is 320. The Morgan fingerprint density at radius 3 is 2.53 bits per heavy atom. The van der Waals surface area contributed by atoms with Crippen LogP contribution >= 0.6 is 0 Å². The smallest absolute Gasteiger partial charge is 0.124 e. The Morgan fingerprint density at radius 2 is 1.93 bits per heavy atom. The lowest BCUT2D eigenvalue weighted by Gasteiger charge is -2.18. The topological polar surface area (TPSA) is 35.2 Å². The zero-order chi connectivity index (χ0) is 11.4. The number of nitrogens with two attached hydrogens (primary N) is 1. The summed E-state index contributed by atoms with van der Waals surface area (Å²) in [5.41, 5.74) is 7.65. The lowest BCUT2D eigenvalue weighted by atomic mass is 10.1. The summed E-state index contributed by atoms with van der Waals surface area (Å²) in [6.07, 6.45) is 1.30. The van der Waals surface area contributed by atoms with Crippen molar-refractivity contribution in [2.24, 2.45) is 5.92 Å². The fraction of sp³-hybridized carbons (Fsp3) is 0.538. The molecule has 0 aromatic heterocycles. The maximum Gasteiger partial charge on any atom is 0.124 e. The van der Waals surface area contributed by atoms with E-state index in [9.17, 15) is 0 Å². The molecule has 1 aromatic carbocycles. The van der Waals surface area contributed by atoms with Crippen molar-refractivity contribution >= 4 is 5.69 Å². The fourth-order valence-corrected chi connectivity index (χ4v) is 1.69. The van der Waals surface area contributed by atoms with Crippen LogP contribution in [0.25, 0.3) is 0 Å². The van der Waals surface area contributed by atoms with E-state index in [0.717, 1.165) is 23.4 Å². The van der Waals surface area contributed by atoms with Crippen LogP contribution in [-0.4, -0.2) is 6.10 Å². The summed E-state index contributed by atoms with van der Waals surface area (Å²) in [4.78, 5) is 0. The molecule has 84 valence electrons. The van der Waals surface area contributed by atoms with Crippen molar-refractivity contribution in [2.45, 2.75) is 40.2 Å². The van der Waals surface area contributed by atoms with Crippen LogP contribution in [0, 0.1) is 12.8 Å². The number of hydrogen-bond acceptors (Lipinski definition) is 2. The molecule has 0 radical (unpaired) electrons. The number of ether oxygens (including phenoxy) is 1. The molecule has 0 fully saturated rings. The summed E-state index contributed by atoms with van der Waals surface area (Å²) in [6.45, 7) is 8.49. The van der Waals surface area contributed by atoms with Gasteiger partial charge in [-0.2, -0.15) is 0 Å². The molecule has 0 aliphatic rings. The van der Waals surface area contributed by atoms with Gasteiger partial charge in [0.2, 0.25) is 0 Å². The molecule has 1 aromatic rings. The van der Waals surface area contributed by atoms with Crippen LogP contribution in [0.1, 0.15) is 32.8 Å². The summed E-state index contributed by atoms with van der Waals surface area (Å²) in [6, 6.07) is 5.80. The highest BCUT2D eigenvalue weighted by Crippen LogP contribution is 2.24. The van der Waals surface area contributed by atoms with E-state index in [4.69, 9.17) is 10.5 Å². The molecule has 0 heterocycles. The van der Waals surface area contributed by atoms with Crippen molar-refractivity contribution in [1.82, 2.24) is 0 Å². The highest BCUT2D eigenvalue weighted by atomic mass is 16.5. The van der Waals surface area contributed by atoms with Gasteiger partial charge in [0.05, 0.1) is 6.10 Å². The summed E-state index contributed by atoms with van der Waals surface area (Å²) in [7, 11) is 0. The van der Waals surface area contributed by atoms with E-state index in [2.05, 4.69) is 20.8 Å². The number of benzene rings is 1. The van der Waals surface area contributed by atoms with E-state index < -0.39 is 0 Å². The molecule has 2 nitrogen and oxygen atoms in total. The Kier molecular flexibility index (Phi) is 4.01. The standard InChI is InChI=1S/C13H21NO/c1-9(2)8-10(3)15-13-7-5-6-12(14)11(13)4/h5-7,9-10H,8,14H2,1-4H3. The number of anilines is 1. The summed E-state index contributed by atoms with van der Waals surface area (Å²) in [5.74, 6) is 1.56. The van der Waals surface area contributed by atoms with E-state index in [1.54, 1.807) is 0 Å². The third-order valence-electron chi connectivity index (χ3n) is 2.46. The SMILES string of the molecule is Cc1c(N)cccc1OC(C)CC(C)C. The Hall–Kier alpha value is -1.18. The van der Waals surface area contributed by atoms with Crippen molar-refractivity contribution in [3.05, 3.63) is 23.8 Å². The van der Waals surface area contributed by atoms with E-state index >= 15 is 0 Å². The summed E-state index contributed by atoms with van der Waals surface area (Å²) >= 11 is 0. The van der Waals surface area contributed by atoms with Crippen molar-refractivity contribution in [3.8, 4) is 5.75 Å².